The summed E-state index contributed by atoms with van der Waals surface area (Å²) in [5, 5.41) is 9.03. The van der Waals surface area contributed by atoms with E-state index in [1.807, 2.05) is 18.2 Å². The van der Waals surface area contributed by atoms with Crippen LogP contribution >= 0.6 is 0 Å². The molecule has 0 saturated carbocycles. The zero-order valence-corrected chi connectivity index (χ0v) is 13.3. The summed E-state index contributed by atoms with van der Waals surface area (Å²) in [5.74, 6) is -0.747. The molecule has 1 N–H and O–H groups in total. The molecule has 1 aromatic rings. The molecular formula is C21H20O2. The highest BCUT2D eigenvalue weighted by atomic mass is 16.4. The third-order valence-corrected chi connectivity index (χ3v) is 4.41. The summed E-state index contributed by atoms with van der Waals surface area (Å²) in [6.07, 6.45) is 1.63. The molecule has 0 amide bonds. The predicted molar refractivity (Wildman–Crippen MR) is 93.0 cm³/mol. The molecule has 0 spiro atoms. The zero-order chi connectivity index (χ0) is 16.2. The van der Waals surface area contributed by atoms with Crippen molar-refractivity contribution in [3.63, 3.8) is 0 Å². The Morgan fingerprint density at radius 2 is 1.43 bits per heavy atom. The Hall–Kier alpha value is -2.61. The van der Waals surface area contributed by atoms with Crippen molar-refractivity contribution in [2.45, 2.75) is 26.2 Å². The van der Waals surface area contributed by atoms with E-state index in [4.69, 9.17) is 5.11 Å². The SMILES string of the molecule is Cc1c(CCC(=O)O)c2cccccc-2c1Cc1ccccc1. The quantitative estimate of drug-likeness (QED) is 0.741. The largest absolute Gasteiger partial charge is 0.481 e. The van der Waals surface area contributed by atoms with Crippen LogP contribution in [-0.4, -0.2) is 11.1 Å². The summed E-state index contributed by atoms with van der Waals surface area (Å²) < 4.78 is 0. The lowest BCUT2D eigenvalue weighted by Gasteiger charge is -2.04. The summed E-state index contributed by atoms with van der Waals surface area (Å²) in [6, 6.07) is 20.8. The van der Waals surface area contributed by atoms with Gasteiger partial charge < -0.3 is 5.11 Å². The average Bonchev–Trinajstić information content (AvgIpc) is 2.71. The first kappa shape index (κ1) is 15.3. The summed E-state index contributed by atoms with van der Waals surface area (Å²) >= 11 is 0. The molecule has 0 atom stereocenters. The van der Waals surface area contributed by atoms with Gasteiger partial charge in [0, 0.05) is 6.42 Å². The Bertz CT molecular complexity index is 790. The molecule has 2 aliphatic carbocycles. The molecule has 2 heteroatoms. The average molecular weight is 304 g/mol. The van der Waals surface area contributed by atoms with Gasteiger partial charge in [0.25, 0.3) is 0 Å². The second kappa shape index (κ2) is 6.66. The fourth-order valence-corrected chi connectivity index (χ4v) is 3.24. The number of carbonyl (C=O) groups is 1. The van der Waals surface area contributed by atoms with Gasteiger partial charge in [-0.1, -0.05) is 60.7 Å². The minimum atomic E-state index is -0.747. The standard InChI is InChI=1S/C21H20O2/c1-15-17(12-13-21(22)23)18-10-6-3-7-11-19(18)20(15)14-16-8-4-2-5-9-16/h2-11H,12-14H2,1H3,(H,22,23). The van der Waals surface area contributed by atoms with Gasteiger partial charge in [-0.25, -0.2) is 0 Å². The van der Waals surface area contributed by atoms with Gasteiger partial charge in [-0.15, -0.1) is 0 Å². The van der Waals surface area contributed by atoms with Gasteiger partial charge in [0.05, 0.1) is 0 Å². The van der Waals surface area contributed by atoms with E-state index >= 15 is 0 Å². The summed E-state index contributed by atoms with van der Waals surface area (Å²) in [7, 11) is 0. The van der Waals surface area contributed by atoms with Crippen LogP contribution in [-0.2, 0) is 17.6 Å². The van der Waals surface area contributed by atoms with E-state index in [1.165, 1.54) is 33.4 Å². The van der Waals surface area contributed by atoms with Crippen molar-refractivity contribution in [3.8, 4) is 11.1 Å². The van der Waals surface area contributed by atoms with Gasteiger partial charge in [0.1, 0.15) is 0 Å². The van der Waals surface area contributed by atoms with Crippen LogP contribution < -0.4 is 0 Å². The van der Waals surface area contributed by atoms with Crippen molar-refractivity contribution in [1.29, 1.82) is 0 Å². The maximum atomic E-state index is 11.0. The first-order valence-corrected chi connectivity index (χ1v) is 7.91. The highest BCUT2D eigenvalue weighted by molar-refractivity contribution is 5.79. The molecule has 0 aromatic heterocycles. The molecule has 0 radical (unpaired) electrons. The molecule has 2 aliphatic rings. The van der Waals surface area contributed by atoms with Crippen molar-refractivity contribution in [2.75, 3.05) is 0 Å². The second-order valence-corrected chi connectivity index (χ2v) is 5.88. The van der Waals surface area contributed by atoms with Crippen molar-refractivity contribution in [1.82, 2.24) is 0 Å². The van der Waals surface area contributed by atoms with E-state index < -0.39 is 5.97 Å². The number of fused-ring (bicyclic) bond motifs is 1. The van der Waals surface area contributed by atoms with Crippen LogP contribution in [0.5, 0.6) is 0 Å². The van der Waals surface area contributed by atoms with E-state index in [0.29, 0.717) is 6.42 Å². The first-order valence-electron chi connectivity index (χ1n) is 7.91. The van der Waals surface area contributed by atoms with Gasteiger partial charge in [0.15, 0.2) is 0 Å². The summed E-state index contributed by atoms with van der Waals surface area (Å²) in [6.45, 7) is 2.12. The van der Waals surface area contributed by atoms with Crippen molar-refractivity contribution in [3.05, 3.63) is 82.9 Å². The van der Waals surface area contributed by atoms with E-state index in [9.17, 15) is 4.79 Å². The van der Waals surface area contributed by atoms with Gasteiger partial charge in [0.2, 0.25) is 0 Å². The number of aliphatic carboxylic acids is 1. The number of carboxylic acid groups (broad SMARTS) is 1. The number of rotatable bonds is 5. The zero-order valence-electron chi connectivity index (χ0n) is 13.3. The molecule has 2 nitrogen and oxygen atoms in total. The molecule has 116 valence electrons. The number of benzene rings is 1. The van der Waals surface area contributed by atoms with Gasteiger partial charge >= 0.3 is 5.97 Å². The minimum Gasteiger partial charge on any atom is -0.481 e. The number of hydrogen-bond donors (Lipinski definition) is 1. The third kappa shape index (κ3) is 3.26. The lowest BCUT2D eigenvalue weighted by atomic mass is 10.0. The maximum absolute atomic E-state index is 11.0. The van der Waals surface area contributed by atoms with Crippen molar-refractivity contribution < 1.29 is 9.90 Å². The van der Waals surface area contributed by atoms with Crippen molar-refractivity contribution >= 4 is 5.97 Å². The van der Waals surface area contributed by atoms with E-state index in [2.05, 4.69) is 49.4 Å². The first-order chi connectivity index (χ1) is 11.2. The highest BCUT2D eigenvalue weighted by Crippen LogP contribution is 2.38. The Balaban J connectivity index is 2.07. The van der Waals surface area contributed by atoms with E-state index in [0.717, 1.165) is 6.42 Å². The molecule has 0 bridgehead atoms. The van der Waals surface area contributed by atoms with Gasteiger partial charge in [-0.3, -0.25) is 4.79 Å². The smallest absolute Gasteiger partial charge is 0.303 e. The summed E-state index contributed by atoms with van der Waals surface area (Å²) in [4.78, 5) is 11.0. The van der Waals surface area contributed by atoms with Crippen LogP contribution in [0.15, 0.2) is 60.7 Å². The Kier molecular flexibility index (Phi) is 4.42. The van der Waals surface area contributed by atoms with Crippen LogP contribution in [0.1, 0.15) is 28.7 Å². The van der Waals surface area contributed by atoms with Crippen LogP contribution in [0, 0.1) is 6.92 Å². The van der Waals surface area contributed by atoms with Crippen LogP contribution in [0.25, 0.3) is 11.1 Å². The predicted octanol–water partition coefficient (Wildman–Crippen LogP) is 4.71. The Morgan fingerprint density at radius 3 is 2.04 bits per heavy atom. The molecular weight excluding hydrogens is 284 g/mol. The monoisotopic (exact) mass is 304 g/mol. The normalized spacial score (nSPS) is 10.8. The minimum absolute atomic E-state index is 0.170. The van der Waals surface area contributed by atoms with Gasteiger partial charge in [-0.2, -0.15) is 0 Å². The fraction of sp³-hybridized carbons (Fsp3) is 0.190. The topological polar surface area (TPSA) is 37.3 Å². The van der Waals surface area contributed by atoms with Crippen molar-refractivity contribution in [2.24, 2.45) is 0 Å². The van der Waals surface area contributed by atoms with Gasteiger partial charge in [-0.05, 0) is 53.1 Å². The van der Waals surface area contributed by atoms with Crippen LogP contribution in [0.3, 0.4) is 0 Å². The molecule has 0 heterocycles. The molecule has 3 rings (SSSR count). The number of hydrogen-bond acceptors (Lipinski definition) is 1. The molecule has 23 heavy (non-hydrogen) atoms. The van der Waals surface area contributed by atoms with E-state index in [1.54, 1.807) is 0 Å². The van der Waals surface area contributed by atoms with Crippen LogP contribution in [0.2, 0.25) is 0 Å². The lowest BCUT2D eigenvalue weighted by Crippen LogP contribution is -1.98. The highest BCUT2D eigenvalue weighted by Gasteiger charge is 2.20. The maximum Gasteiger partial charge on any atom is 0.303 e. The molecule has 0 unspecified atom stereocenters. The molecule has 0 aliphatic heterocycles. The molecule has 0 saturated heterocycles. The summed E-state index contributed by atoms with van der Waals surface area (Å²) in [5.41, 5.74) is 7.40. The molecule has 0 fully saturated rings. The third-order valence-electron chi connectivity index (χ3n) is 4.41. The number of carboxylic acids is 1. The lowest BCUT2D eigenvalue weighted by molar-refractivity contribution is -0.136. The van der Waals surface area contributed by atoms with E-state index in [-0.39, 0.29) is 6.42 Å². The second-order valence-electron chi connectivity index (χ2n) is 5.88. The Labute approximate surface area is 136 Å². The fourth-order valence-electron chi connectivity index (χ4n) is 3.24. The Morgan fingerprint density at radius 1 is 0.870 bits per heavy atom. The molecule has 1 aromatic carbocycles. The van der Waals surface area contributed by atoms with Crippen LogP contribution in [0.4, 0.5) is 0 Å².